The van der Waals surface area contributed by atoms with Gasteiger partial charge < -0.3 is 21.1 Å². The van der Waals surface area contributed by atoms with E-state index in [9.17, 15) is 0 Å². The average Bonchev–Trinajstić information content (AvgIpc) is 2.62. The van der Waals surface area contributed by atoms with Crippen LogP contribution in [0.1, 0.15) is 31.2 Å². The number of methoxy groups -OCH3 is 1. The van der Waals surface area contributed by atoms with Gasteiger partial charge >= 0.3 is 0 Å². The molecule has 0 heterocycles. The van der Waals surface area contributed by atoms with Gasteiger partial charge in [0.1, 0.15) is 5.75 Å². The van der Waals surface area contributed by atoms with Crippen molar-refractivity contribution < 1.29 is 4.74 Å². The van der Waals surface area contributed by atoms with Crippen LogP contribution in [-0.2, 0) is 6.54 Å². The van der Waals surface area contributed by atoms with Gasteiger partial charge in [0.15, 0.2) is 0 Å². The van der Waals surface area contributed by atoms with Crippen molar-refractivity contribution in [3.8, 4) is 5.75 Å². The van der Waals surface area contributed by atoms with Crippen LogP contribution in [0.5, 0.6) is 5.75 Å². The summed E-state index contributed by atoms with van der Waals surface area (Å²) in [4.78, 5) is 0. The largest absolute Gasteiger partial charge is 0.496 e. The van der Waals surface area contributed by atoms with Crippen LogP contribution in [0.3, 0.4) is 0 Å². The van der Waals surface area contributed by atoms with E-state index in [1.807, 2.05) is 33.7 Å². The van der Waals surface area contributed by atoms with Crippen LogP contribution >= 0.6 is 21.6 Å². The molecule has 0 saturated carbocycles. The van der Waals surface area contributed by atoms with Crippen LogP contribution < -0.4 is 21.1 Å². The maximum atomic E-state index is 5.45. The molecule has 0 spiro atoms. The highest BCUT2D eigenvalue weighted by atomic mass is 33.1. The molecule has 24 heavy (non-hydrogen) atoms. The maximum Gasteiger partial charge on any atom is 0.123 e. The van der Waals surface area contributed by atoms with E-state index in [2.05, 4.69) is 22.8 Å². The molecule has 1 rings (SSSR count). The van der Waals surface area contributed by atoms with E-state index in [4.69, 9.17) is 10.5 Å². The molecular weight excluding hydrogens is 338 g/mol. The highest BCUT2D eigenvalue weighted by Gasteiger charge is 2.00. The fraction of sp³-hybridized carbons (Fsp3) is 0.667. The summed E-state index contributed by atoms with van der Waals surface area (Å²) in [5, 5.41) is 7.01. The van der Waals surface area contributed by atoms with E-state index in [0.717, 1.165) is 50.0 Å². The lowest BCUT2D eigenvalue weighted by Gasteiger charge is -2.09. The van der Waals surface area contributed by atoms with Crippen LogP contribution in [0.25, 0.3) is 0 Å². The fourth-order valence-corrected chi connectivity index (χ4v) is 4.14. The number of hydrogen-bond donors (Lipinski definition) is 3. The summed E-state index contributed by atoms with van der Waals surface area (Å²) in [5.74, 6) is 3.18. The number of unbranched alkanes of at least 4 members (excludes halogenated alkanes) is 3. The lowest BCUT2D eigenvalue weighted by Crippen LogP contribution is -2.18. The van der Waals surface area contributed by atoms with Crippen molar-refractivity contribution in [2.45, 2.75) is 32.2 Å². The van der Waals surface area contributed by atoms with Gasteiger partial charge in [-0.3, -0.25) is 0 Å². The first-order chi connectivity index (χ1) is 11.9. The van der Waals surface area contributed by atoms with Crippen LogP contribution in [0.15, 0.2) is 24.3 Å². The van der Waals surface area contributed by atoms with Crippen molar-refractivity contribution in [3.05, 3.63) is 29.8 Å². The normalized spacial score (nSPS) is 10.9. The molecule has 1 aromatic rings. The Balaban J connectivity index is 1.84. The first-order valence-electron chi connectivity index (χ1n) is 8.86. The molecule has 4 N–H and O–H groups in total. The summed E-state index contributed by atoms with van der Waals surface area (Å²) in [7, 11) is 5.51. The first kappa shape index (κ1) is 21.6. The summed E-state index contributed by atoms with van der Waals surface area (Å²) in [6.45, 7) is 4.96. The predicted molar refractivity (Wildman–Crippen MR) is 110 cm³/mol. The summed E-state index contributed by atoms with van der Waals surface area (Å²) < 4.78 is 5.36. The van der Waals surface area contributed by atoms with Crippen LogP contribution in [0.4, 0.5) is 0 Å². The van der Waals surface area contributed by atoms with Crippen molar-refractivity contribution in [1.82, 2.24) is 10.6 Å². The van der Waals surface area contributed by atoms with Crippen molar-refractivity contribution in [3.63, 3.8) is 0 Å². The van der Waals surface area contributed by atoms with Crippen molar-refractivity contribution >= 4 is 21.6 Å². The van der Waals surface area contributed by atoms with Crippen LogP contribution in [0, 0.1) is 0 Å². The number of hydrogen-bond acceptors (Lipinski definition) is 6. The standard InChI is InChI=1S/C18H33N3OS2/c1-22-18-9-5-4-8-17(18)16-21-12-7-3-2-6-11-20-13-15-24-23-14-10-19/h4-5,8-9,20-21H,2-3,6-7,10-16,19H2,1H3. The smallest absolute Gasteiger partial charge is 0.123 e. The Morgan fingerprint density at radius 1 is 0.917 bits per heavy atom. The van der Waals surface area contributed by atoms with Crippen molar-refractivity contribution in [2.75, 3.05) is 44.8 Å². The number of nitrogens with two attached hydrogens (primary N) is 1. The van der Waals surface area contributed by atoms with E-state index in [-0.39, 0.29) is 0 Å². The van der Waals surface area contributed by atoms with Crippen LogP contribution in [0.2, 0.25) is 0 Å². The third kappa shape index (κ3) is 11.2. The third-order valence-corrected chi connectivity index (χ3v) is 6.05. The van der Waals surface area contributed by atoms with E-state index >= 15 is 0 Å². The molecule has 0 fully saturated rings. The number of rotatable bonds is 16. The summed E-state index contributed by atoms with van der Waals surface area (Å²) >= 11 is 0. The molecule has 0 amide bonds. The zero-order chi connectivity index (χ0) is 17.3. The molecule has 0 radical (unpaired) electrons. The minimum atomic E-state index is 0.777. The highest BCUT2D eigenvalue weighted by molar-refractivity contribution is 8.76. The van der Waals surface area contributed by atoms with Gasteiger partial charge in [-0.1, -0.05) is 52.6 Å². The molecule has 0 aromatic heterocycles. The van der Waals surface area contributed by atoms with Gasteiger partial charge in [-0.15, -0.1) is 0 Å². The highest BCUT2D eigenvalue weighted by Crippen LogP contribution is 2.19. The van der Waals surface area contributed by atoms with Gasteiger partial charge in [0, 0.05) is 36.7 Å². The zero-order valence-corrected chi connectivity index (χ0v) is 16.5. The fourth-order valence-electron chi connectivity index (χ4n) is 2.33. The second kappa shape index (κ2) is 16.1. The minimum absolute atomic E-state index is 0.777. The maximum absolute atomic E-state index is 5.45. The second-order valence-corrected chi connectivity index (χ2v) is 8.29. The van der Waals surface area contributed by atoms with E-state index in [0.29, 0.717) is 0 Å². The first-order valence-corrected chi connectivity index (χ1v) is 11.3. The Morgan fingerprint density at radius 2 is 1.62 bits per heavy atom. The Hall–Kier alpha value is -0.400. The lowest BCUT2D eigenvalue weighted by atomic mass is 10.1. The third-order valence-electron chi connectivity index (χ3n) is 3.61. The summed E-state index contributed by atoms with van der Waals surface area (Å²) in [6.07, 6.45) is 5.11. The molecular formula is C18H33N3OS2. The zero-order valence-electron chi connectivity index (χ0n) is 14.9. The number of benzene rings is 1. The molecule has 0 bridgehead atoms. The average molecular weight is 372 g/mol. The summed E-state index contributed by atoms with van der Waals surface area (Å²) in [6, 6.07) is 8.19. The van der Waals surface area contributed by atoms with E-state index in [1.165, 1.54) is 31.2 Å². The molecule has 1 aromatic carbocycles. The molecule has 4 nitrogen and oxygen atoms in total. The van der Waals surface area contributed by atoms with Gasteiger partial charge in [-0.2, -0.15) is 0 Å². The Morgan fingerprint density at radius 3 is 2.38 bits per heavy atom. The van der Waals surface area contributed by atoms with E-state index < -0.39 is 0 Å². The van der Waals surface area contributed by atoms with Gasteiger partial charge in [0.25, 0.3) is 0 Å². The van der Waals surface area contributed by atoms with Gasteiger partial charge in [-0.05, 0) is 32.0 Å². The molecule has 6 heteroatoms. The molecule has 0 aliphatic carbocycles. The van der Waals surface area contributed by atoms with Crippen LogP contribution in [-0.4, -0.2) is 44.8 Å². The Kier molecular flexibility index (Phi) is 14.5. The predicted octanol–water partition coefficient (Wildman–Crippen LogP) is 3.27. The summed E-state index contributed by atoms with van der Waals surface area (Å²) in [5.41, 5.74) is 6.68. The molecule has 0 unspecified atom stereocenters. The van der Waals surface area contributed by atoms with Gasteiger partial charge in [-0.25, -0.2) is 0 Å². The van der Waals surface area contributed by atoms with Gasteiger partial charge in [0.05, 0.1) is 7.11 Å². The van der Waals surface area contributed by atoms with Crippen molar-refractivity contribution in [1.29, 1.82) is 0 Å². The Labute approximate surface area is 155 Å². The van der Waals surface area contributed by atoms with E-state index in [1.54, 1.807) is 7.11 Å². The topological polar surface area (TPSA) is 59.3 Å². The molecule has 138 valence electrons. The second-order valence-electron chi connectivity index (χ2n) is 5.59. The quantitative estimate of drug-likeness (QED) is 0.306. The monoisotopic (exact) mass is 371 g/mol. The molecule has 0 aliphatic rings. The number of ether oxygens (including phenoxy) is 1. The minimum Gasteiger partial charge on any atom is -0.496 e. The number of nitrogens with one attached hydrogen (secondary N) is 2. The molecule has 0 saturated heterocycles. The SMILES string of the molecule is COc1ccccc1CNCCCCCCNCCSSCCN. The van der Waals surface area contributed by atoms with Gasteiger partial charge in [0.2, 0.25) is 0 Å². The lowest BCUT2D eigenvalue weighted by molar-refractivity contribution is 0.407. The Bertz CT molecular complexity index is 408. The molecule has 0 atom stereocenters. The number of para-hydroxylation sites is 1. The molecule has 0 aliphatic heterocycles. The van der Waals surface area contributed by atoms with Crippen molar-refractivity contribution in [2.24, 2.45) is 5.73 Å².